The van der Waals surface area contributed by atoms with Crippen LogP contribution >= 0.6 is 11.6 Å². The number of aromatic hydroxyl groups is 1. The Labute approximate surface area is 152 Å². The number of hydrogen-bond donors (Lipinski definition) is 2. The fourth-order valence-corrected chi connectivity index (χ4v) is 2.50. The van der Waals surface area contributed by atoms with E-state index in [2.05, 4.69) is 10.4 Å². The lowest BCUT2D eigenvalue weighted by atomic mass is 10.2. The molecule has 0 unspecified atom stereocenters. The molecular weight excluding hydrogens is 361 g/mol. The van der Waals surface area contributed by atoms with Crippen molar-refractivity contribution >= 4 is 23.2 Å². The average molecular weight is 374 g/mol. The summed E-state index contributed by atoms with van der Waals surface area (Å²) >= 11 is 5.68. The number of hydrogen-bond acceptors (Lipinski definition) is 4. The van der Waals surface area contributed by atoms with Crippen molar-refractivity contribution in [2.45, 2.75) is 6.92 Å². The van der Waals surface area contributed by atoms with Gasteiger partial charge in [-0.05, 0) is 42.8 Å². The molecule has 1 amide bonds. The number of carbonyl (C=O) groups excluding carboxylic acids is 1. The van der Waals surface area contributed by atoms with E-state index < -0.39 is 23.0 Å². The van der Waals surface area contributed by atoms with Crippen molar-refractivity contribution in [3.8, 4) is 11.4 Å². The highest BCUT2D eigenvalue weighted by Crippen LogP contribution is 2.21. The van der Waals surface area contributed by atoms with Crippen LogP contribution in [0.2, 0.25) is 5.02 Å². The SMILES string of the molecule is Cc1cccc(-n2nc(C(=O)Nc3ccc(F)c(Cl)c3)c(O)cc2=O)c1. The first-order valence-corrected chi connectivity index (χ1v) is 7.90. The first kappa shape index (κ1) is 17.6. The molecule has 1 aromatic heterocycles. The molecule has 1 heterocycles. The Morgan fingerprint density at radius 2 is 2.00 bits per heavy atom. The van der Waals surface area contributed by atoms with Crippen LogP contribution in [-0.4, -0.2) is 20.8 Å². The smallest absolute Gasteiger partial charge is 0.279 e. The van der Waals surface area contributed by atoms with E-state index in [1.807, 2.05) is 13.0 Å². The lowest BCUT2D eigenvalue weighted by molar-refractivity contribution is 0.101. The summed E-state index contributed by atoms with van der Waals surface area (Å²) in [5.41, 5.74) is 0.627. The molecule has 0 radical (unpaired) electrons. The zero-order chi connectivity index (χ0) is 18.8. The normalized spacial score (nSPS) is 10.6. The standard InChI is InChI=1S/C18H13ClFN3O3/c1-10-3-2-4-12(7-10)23-16(25)9-15(24)17(22-23)18(26)21-11-5-6-14(20)13(19)8-11/h2-9,24H,1H3,(H,21,26). The molecule has 0 aliphatic heterocycles. The zero-order valence-corrected chi connectivity index (χ0v) is 14.3. The van der Waals surface area contributed by atoms with Crippen LogP contribution in [0.5, 0.6) is 5.75 Å². The van der Waals surface area contributed by atoms with Crippen LogP contribution in [0.15, 0.2) is 53.3 Å². The maximum Gasteiger partial charge on any atom is 0.279 e. The van der Waals surface area contributed by atoms with Crippen LogP contribution in [0.25, 0.3) is 5.69 Å². The third-order valence-corrected chi connectivity index (χ3v) is 3.84. The largest absolute Gasteiger partial charge is 0.505 e. The summed E-state index contributed by atoms with van der Waals surface area (Å²) < 4.78 is 14.2. The van der Waals surface area contributed by atoms with Gasteiger partial charge in [0.05, 0.1) is 10.7 Å². The van der Waals surface area contributed by atoms with Gasteiger partial charge >= 0.3 is 0 Å². The van der Waals surface area contributed by atoms with Gasteiger partial charge in [0.2, 0.25) is 0 Å². The van der Waals surface area contributed by atoms with Crippen molar-refractivity contribution in [1.82, 2.24) is 9.78 Å². The van der Waals surface area contributed by atoms with Gasteiger partial charge in [-0.15, -0.1) is 0 Å². The Kier molecular flexibility index (Phi) is 4.73. The molecule has 2 N–H and O–H groups in total. The van der Waals surface area contributed by atoms with E-state index in [-0.39, 0.29) is 16.4 Å². The van der Waals surface area contributed by atoms with Crippen LogP contribution in [0.1, 0.15) is 16.1 Å². The monoisotopic (exact) mass is 373 g/mol. The minimum absolute atomic E-state index is 0.162. The first-order valence-electron chi connectivity index (χ1n) is 7.52. The molecule has 0 fully saturated rings. The van der Waals surface area contributed by atoms with E-state index in [9.17, 15) is 19.1 Å². The third-order valence-electron chi connectivity index (χ3n) is 3.55. The first-order chi connectivity index (χ1) is 12.3. The van der Waals surface area contributed by atoms with Gasteiger partial charge in [0, 0.05) is 11.8 Å². The second kappa shape index (κ2) is 6.97. The fourth-order valence-electron chi connectivity index (χ4n) is 2.32. The molecule has 0 aliphatic carbocycles. The van der Waals surface area contributed by atoms with Gasteiger partial charge in [-0.3, -0.25) is 9.59 Å². The number of aromatic nitrogens is 2. The summed E-state index contributed by atoms with van der Waals surface area (Å²) in [5, 5.41) is 16.2. The lowest BCUT2D eigenvalue weighted by Crippen LogP contribution is -2.25. The quantitative estimate of drug-likeness (QED) is 0.737. The van der Waals surface area contributed by atoms with Crippen LogP contribution in [0, 0.1) is 12.7 Å². The minimum atomic E-state index is -0.772. The Morgan fingerprint density at radius 3 is 2.69 bits per heavy atom. The molecule has 2 aromatic carbocycles. The van der Waals surface area contributed by atoms with Crippen molar-refractivity contribution in [2.75, 3.05) is 5.32 Å². The summed E-state index contributed by atoms with van der Waals surface area (Å²) in [4.78, 5) is 24.5. The number of halogens is 2. The van der Waals surface area contributed by atoms with Gasteiger partial charge in [-0.25, -0.2) is 4.39 Å². The Bertz CT molecular complexity index is 1070. The number of rotatable bonds is 3. The number of carbonyl (C=O) groups is 1. The minimum Gasteiger partial charge on any atom is -0.505 e. The van der Waals surface area contributed by atoms with Crippen LogP contribution in [0.4, 0.5) is 10.1 Å². The van der Waals surface area contributed by atoms with Crippen molar-refractivity contribution in [3.05, 3.63) is 81.0 Å². The van der Waals surface area contributed by atoms with Gasteiger partial charge in [0.25, 0.3) is 11.5 Å². The molecular formula is C18H13ClFN3O3. The van der Waals surface area contributed by atoms with E-state index in [0.717, 1.165) is 22.4 Å². The van der Waals surface area contributed by atoms with Crippen LogP contribution < -0.4 is 10.9 Å². The van der Waals surface area contributed by atoms with Crippen molar-refractivity contribution in [2.24, 2.45) is 0 Å². The van der Waals surface area contributed by atoms with E-state index in [0.29, 0.717) is 5.69 Å². The molecule has 26 heavy (non-hydrogen) atoms. The van der Waals surface area contributed by atoms with Gasteiger partial charge < -0.3 is 10.4 Å². The molecule has 0 saturated carbocycles. The number of nitrogens with one attached hydrogen (secondary N) is 1. The van der Waals surface area contributed by atoms with Gasteiger partial charge in [0.1, 0.15) is 5.82 Å². The zero-order valence-electron chi connectivity index (χ0n) is 13.5. The predicted molar refractivity (Wildman–Crippen MR) is 95.6 cm³/mol. The highest BCUT2D eigenvalue weighted by Gasteiger charge is 2.17. The summed E-state index contributed by atoms with van der Waals surface area (Å²) in [6, 6.07) is 11.5. The number of benzene rings is 2. The Hall–Kier alpha value is -3.19. The highest BCUT2D eigenvalue weighted by atomic mass is 35.5. The van der Waals surface area contributed by atoms with Gasteiger partial charge in [-0.1, -0.05) is 23.7 Å². The van der Waals surface area contributed by atoms with E-state index in [1.165, 1.54) is 12.1 Å². The van der Waals surface area contributed by atoms with Crippen LogP contribution in [0.3, 0.4) is 0 Å². The molecule has 3 aromatic rings. The Balaban J connectivity index is 1.99. The van der Waals surface area contributed by atoms with E-state index in [1.54, 1.807) is 18.2 Å². The summed E-state index contributed by atoms with van der Waals surface area (Å²) in [6.07, 6.45) is 0. The van der Waals surface area contributed by atoms with Crippen molar-refractivity contribution in [3.63, 3.8) is 0 Å². The molecule has 0 spiro atoms. The third kappa shape index (κ3) is 3.57. The molecule has 0 bridgehead atoms. The van der Waals surface area contributed by atoms with Crippen molar-refractivity contribution in [1.29, 1.82) is 0 Å². The van der Waals surface area contributed by atoms with Crippen molar-refractivity contribution < 1.29 is 14.3 Å². The highest BCUT2D eigenvalue weighted by molar-refractivity contribution is 6.31. The summed E-state index contributed by atoms with van der Waals surface area (Å²) in [6.45, 7) is 1.85. The summed E-state index contributed by atoms with van der Waals surface area (Å²) in [5.74, 6) is -1.96. The summed E-state index contributed by atoms with van der Waals surface area (Å²) in [7, 11) is 0. The predicted octanol–water partition coefficient (Wildman–Crippen LogP) is 3.29. The van der Waals surface area contributed by atoms with Crippen LogP contribution in [-0.2, 0) is 0 Å². The van der Waals surface area contributed by atoms with E-state index >= 15 is 0 Å². The molecule has 8 heteroatoms. The molecule has 0 atom stereocenters. The molecule has 3 rings (SSSR count). The lowest BCUT2D eigenvalue weighted by Gasteiger charge is -2.10. The van der Waals surface area contributed by atoms with E-state index in [4.69, 9.17) is 11.6 Å². The number of anilines is 1. The molecule has 6 nitrogen and oxygen atoms in total. The Morgan fingerprint density at radius 1 is 1.23 bits per heavy atom. The molecule has 0 saturated heterocycles. The topological polar surface area (TPSA) is 84.2 Å². The fraction of sp³-hybridized carbons (Fsp3) is 0.0556. The maximum atomic E-state index is 13.2. The number of aryl methyl sites for hydroxylation is 1. The second-order valence-corrected chi connectivity index (χ2v) is 5.96. The number of amides is 1. The van der Waals surface area contributed by atoms with Gasteiger partial charge in [-0.2, -0.15) is 9.78 Å². The average Bonchev–Trinajstić information content (AvgIpc) is 2.58. The number of nitrogens with zero attached hydrogens (tertiary/aromatic N) is 2. The molecule has 0 aliphatic rings. The maximum absolute atomic E-state index is 13.2. The van der Waals surface area contributed by atoms with Gasteiger partial charge in [0.15, 0.2) is 11.4 Å². The molecule has 132 valence electrons. The second-order valence-electron chi connectivity index (χ2n) is 5.55.